The molecule has 0 saturated carbocycles. The van der Waals surface area contributed by atoms with Gasteiger partial charge in [-0.25, -0.2) is 4.79 Å². The van der Waals surface area contributed by atoms with Crippen molar-refractivity contribution >= 4 is 17.9 Å². The van der Waals surface area contributed by atoms with E-state index in [1.807, 2.05) is 36.4 Å². The van der Waals surface area contributed by atoms with E-state index in [2.05, 4.69) is 0 Å². The Morgan fingerprint density at radius 2 is 1.48 bits per heavy atom. The molecule has 3 aliphatic rings. The molecule has 5 rings (SSSR count). The Morgan fingerprint density at radius 1 is 0.950 bits per heavy atom. The lowest BCUT2D eigenvalue weighted by Gasteiger charge is -2.47. The Hall–Kier alpha value is -3.27. The molecule has 0 aliphatic carbocycles. The van der Waals surface area contributed by atoms with Crippen LogP contribution in [0.25, 0.3) is 0 Å². The average Bonchev–Trinajstić information content (AvgIpc) is 3.48. The summed E-state index contributed by atoms with van der Waals surface area (Å²) in [5.74, 6) is -2.72. The molecule has 3 fully saturated rings. The van der Waals surface area contributed by atoms with Crippen LogP contribution in [-0.4, -0.2) is 71.1 Å². The summed E-state index contributed by atoms with van der Waals surface area (Å²) in [6, 6.07) is 17.7. The number of ether oxygens (including phenoxy) is 3. The van der Waals surface area contributed by atoms with Crippen LogP contribution in [0.3, 0.4) is 0 Å². The van der Waals surface area contributed by atoms with Gasteiger partial charge < -0.3 is 29.5 Å². The van der Waals surface area contributed by atoms with Crippen LogP contribution in [0.4, 0.5) is 0 Å². The summed E-state index contributed by atoms with van der Waals surface area (Å²) in [5.41, 5.74) is 5.05. The van der Waals surface area contributed by atoms with Crippen LogP contribution in [-0.2, 0) is 34.2 Å². The van der Waals surface area contributed by atoms with E-state index in [9.17, 15) is 14.4 Å². The monoisotopic (exact) mass is 551 g/mol. The van der Waals surface area contributed by atoms with Gasteiger partial charge in [-0.3, -0.25) is 9.59 Å². The Morgan fingerprint density at radius 3 is 1.98 bits per heavy atom. The van der Waals surface area contributed by atoms with Gasteiger partial charge in [0.1, 0.15) is 12.1 Å². The molecule has 3 aliphatic heterocycles. The maximum atomic E-state index is 14.4. The van der Waals surface area contributed by atoms with Gasteiger partial charge in [0.25, 0.3) is 0 Å². The lowest BCUT2D eigenvalue weighted by molar-refractivity contribution is -0.956. The van der Waals surface area contributed by atoms with Gasteiger partial charge in [-0.05, 0) is 18.1 Å². The molecule has 3 N–H and O–H groups in total. The van der Waals surface area contributed by atoms with Crippen molar-refractivity contribution < 1.29 is 38.2 Å². The third-order valence-electron chi connectivity index (χ3n) is 9.00. The van der Waals surface area contributed by atoms with Gasteiger partial charge in [0.05, 0.1) is 31.6 Å². The number of carbonyl (C=O) groups excluding carboxylic acids is 2. The van der Waals surface area contributed by atoms with Crippen molar-refractivity contribution in [2.24, 2.45) is 5.73 Å². The Bertz CT molecular complexity index is 1140. The smallest absolute Gasteiger partial charge is 0.348 e. The largest absolute Gasteiger partial charge is 0.481 e. The minimum absolute atomic E-state index is 0.230. The standard InChI is InChI=1S/C31H38N2O7/c1-21(38-29(36)27(32)20-28(34)35)40-31(22-10-4-2-5-11-22,23-12-6-3-7-13-23)30(37)39-26-18-24-14-15-25(19-26)33(24)16-8-9-17-33/h2-7,10-13,21,24-27H,8-9,14-20,32H2,1H3/p+1/t21?,24?,25?,26?,27-/m0/s1. The van der Waals surface area contributed by atoms with Gasteiger partial charge in [0.15, 0.2) is 0 Å². The minimum atomic E-state index is -1.73. The number of carbonyl (C=O) groups is 3. The van der Waals surface area contributed by atoms with E-state index >= 15 is 0 Å². The summed E-state index contributed by atoms with van der Waals surface area (Å²) in [7, 11) is 0. The zero-order chi connectivity index (χ0) is 28.3. The van der Waals surface area contributed by atoms with Crippen LogP contribution in [0.5, 0.6) is 0 Å². The summed E-state index contributed by atoms with van der Waals surface area (Å²) in [4.78, 5) is 37.9. The summed E-state index contributed by atoms with van der Waals surface area (Å²) in [5, 5.41) is 9.01. The second-order valence-electron chi connectivity index (χ2n) is 11.4. The molecular formula is C31H39N2O7+. The molecule has 2 bridgehead atoms. The van der Waals surface area contributed by atoms with E-state index in [4.69, 9.17) is 25.1 Å². The number of esters is 2. The molecule has 0 amide bonds. The number of nitrogens with zero attached hydrogens (tertiary/aromatic N) is 1. The zero-order valence-corrected chi connectivity index (χ0v) is 22.9. The van der Waals surface area contributed by atoms with Crippen molar-refractivity contribution in [2.45, 2.75) is 88.0 Å². The van der Waals surface area contributed by atoms with Gasteiger partial charge in [0, 0.05) is 38.5 Å². The van der Waals surface area contributed by atoms with Crippen molar-refractivity contribution in [1.29, 1.82) is 0 Å². The Labute approximate surface area is 234 Å². The Balaban J connectivity index is 1.44. The van der Waals surface area contributed by atoms with E-state index in [1.165, 1.54) is 50.2 Å². The van der Waals surface area contributed by atoms with Crippen molar-refractivity contribution in [3.05, 3.63) is 71.8 Å². The average molecular weight is 552 g/mol. The summed E-state index contributed by atoms with van der Waals surface area (Å²) < 4.78 is 19.3. The fourth-order valence-electron chi connectivity index (χ4n) is 7.27. The van der Waals surface area contributed by atoms with Crippen LogP contribution in [0.2, 0.25) is 0 Å². The minimum Gasteiger partial charge on any atom is -0.481 e. The van der Waals surface area contributed by atoms with Crippen molar-refractivity contribution in [1.82, 2.24) is 0 Å². The highest BCUT2D eigenvalue weighted by Crippen LogP contribution is 2.47. The molecule has 9 nitrogen and oxygen atoms in total. The van der Waals surface area contributed by atoms with Crippen molar-refractivity contribution in [3.63, 3.8) is 0 Å². The van der Waals surface area contributed by atoms with E-state index in [0.29, 0.717) is 23.2 Å². The summed E-state index contributed by atoms with van der Waals surface area (Å²) in [6.07, 6.45) is 4.48. The summed E-state index contributed by atoms with van der Waals surface area (Å²) >= 11 is 0. The number of carboxylic acid groups (broad SMARTS) is 1. The molecular weight excluding hydrogens is 512 g/mol. The van der Waals surface area contributed by atoms with E-state index in [-0.39, 0.29) is 6.10 Å². The van der Waals surface area contributed by atoms with Crippen molar-refractivity contribution in [3.8, 4) is 0 Å². The number of rotatable bonds is 10. The molecule has 40 heavy (non-hydrogen) atoms. The number of quaternary nitrogens is 1. The van der Waals surface area contributed by atoms with Crippen LogP contribution in [0, 0.1) is 0 Å². The fraction of sp³-hybridized carbons (Fsp3) is 0.516. The fourth-order valence-corrected chi connectivity index (χ4v) is 7.27. The van der Waals surface area contributed by atoms with Crippen LogP contribution >= 0.6 is 0 Å². The number of piperidine rings is 1. The lowest BCUT2D eigenvalue weighted by atomic mass is 9.85. The first kappa shape index (κ1) is 28.3. The molecule has 0 radical (unpaired) electrons. The third-order valence-corrected chi connectivity index (χ3v) is 9.00. The predicted molar refractivity (Wildman–Crippen MR) is 146 cm³/mol. The maximum Gasteiger partial charge on any atom is 0.348 e. The van der Waals surface area contributed by atoms with Gasteiger partial charge in [-0.15, -0.1) is 0 Å². The zero-order valence-electron chi connectivity index (χ0n) is 22.9. The molecule has 2 aromatic carbocycles. The lowest BCUT2D eigenvalue weighted by Crippen LogP contribution is -2.60. The first-order valence-corrected chi connectivity index (χ1v) is 14.3. The highest BCUT2D eigenvalue weighted by Gasteiger charge is 2.57. The topological polar surface area (TPSA) is 125 Å². The molecule has 214 valence electrons. The van der Waals surface area contributed by atoms with E-state index in [1.54, 1.807) is 24.3 Å². The SMILES string of the molecule is CC(OC(=O)[C@@H](N)CC(=O)O)OC(C(=O)OC1CC2CCC(C1)[N+]21CCCC1)(c1ccccc1)c1ccccc1. The molecule has 3 heterocycles. The second-order valence-corrected chi connectivity index (χ2v) is 11.4. The molecule has 9 heteroatoms. The summed E-state index contributed by atoms with van der Waals surface area (Å²) in [6.45, 7) is 3.94. The molecule has 3 saturated heterocycles. The first-order chi connectivity index (χ1) is 19.2. The number of nitrogens with two attached hydrogens (primary N) is 1. The van der Waals surface area contributed by atoms with Crippen molar-refractivity contribution in [2.75, 3.05) is 13.1 Å². The van der Waals surface area contributed by atoms with Gasteiger partial charge in [-0.2, -0.15) is 0 Å². The number of aliphatic carboxylic acids is 1. The van der Waals surface area contributed by atoms with E-state index in [0.717, 1.165) is 12.8 Å². The van der Waals surface area contributed by atoms with Crippen LogP contribution in [0.15, 0.2) is 60.7 Å². The maximum absolute atomic E-state index is 14.4. The number of carboxylic acids is 1. The van der Waals surface area contributed by atoms with Gasteiger partial charge in [-0.1, -0.05) is 60.7 Å². The van der Waals surface area contributed by atoms with Crippen LogP contribution in [0.1, 0.15) is 63.0 Å². The quantitative estimate of drug-likeness (QED) is 0.261. The molecule has 1 spiro atoms. The van der Waals surface area contributed by atoms with Crippen LogP contribution < -0.4 is 5.73 Å². The predicted octanol–water partition coefficient (Wildman–Crippen LogP) is 3.49. The second kappa shape index (κ2) is 11.7. The molecule has 2 aromatic rings. The number of benzene rings is 2. The van der Waals surface area contributed by atoms with E-state index < -0.39 is 42.3 Å². The number of hydrogen-bond acceptors (Lipinski definition) is 7. The first-order valence-electron chi connectivity index (χ1n) is 14.3. The van der Waals surface area contributed by atoms with Gasteiger partial charge in [0.2, 0.25) is 11.9 Å². The highest BCUT2D eigenvalue weighted by molar-refractivity contribution is 5.86. The molecule has 0 aromatic heterocycles. The van der Waals surface area contributed by atoms with Gasteiger partial charge >= 0.3 is 17.9 Å². The Kier molecular flexibility index (Phi) is 8.26. The normalized spacial score (nSPS) is 24.8. The molecule has 3 unspecified atom stereocenters. The number of hydrogen-bond donors (Lipinski definition) is 2. The highest BCUT2D eigenvalue weighted by atomic mass is 16.7. The molecule has 4 atom stereocenters. The third kappa shape index (κ3) is 5.38.